The second kappa shape index (κ2) is 3.79. The maximum atomic E-state index is 10.9. The summed E-state index contributed by atoms with van der Waals surface area (Å²) in [6.07, 6.45) is 0. The number of amides is 1. The average Bonchev–Trinajstić information content (AvgIpc) is 2.30. The van der Waals surface area contributed by atoms with Gasteiger partial charge in [-0.15, -0.1) is 5.10 Å². The van der Waals surface area contributed by atoms with Crippen molar-refractivity contribution in [2.75, 3.05) is 0 Å². The van der Waals surface area contributed by atoms with Crippen LogP contribution in [0.25, 0.3) is 0 Å². The molecule has 0 fully saturated rings. The molecule has 14 heavy (non-hydrogen) atoms. The van der Waals surface area contributed by atoms with Crippen molar-refractivity contribution in [3.63, 3.8) is 0 Å². The monoisotopic (exact) mass is 255 g/mol. The normalized spacial score (nSPS) is 13.2. The largest absolute Gasteiger partial charge is 0.290 e. The summed E-state index contributed by atoms with van der Waals surface area (Å²) >= 11 is 0.739. The number of carbonyl (C=O) groups is 1. The van der Waals surface area contributed by atoms with Crippen LogP contribution >= 0.6 is 22.0 Å². The molecule has 1 rings (SSSR count). The third-order valence-electron chi connectivity index (χ3n) is 1.15. The number of carbonyl (C=O) groups excluding carboxylic acids is 1. The molecule has 6 nitrogen and oxygen atoms in total. The van der Waals surface area contributed by atoms with E-state index < -0.39 is 15.0 Å². The minimum Gasteiger partial charge on any atom is -0.273 e. The average molecular weight is 256 g/mol. The van der Waals surface area contributed by atoms with Gasteiger partial charge in [0.15, 0.2) is 0 Å². The third kappa shape index (κ3) is 2.63. The number of aryl methyl sites for hydroxylation is 1. The molecule has 0 saturated heterocycles. The van der Waals surface area contributed by atoms with Gasteiger partial charge in [0.2, 0.25) is 15.0 Å². The zero-order valence-corrected chi connectivity index (χ0v) is 9.65. The van der Waals surface area contributed by atoms with Gasteiger partial charge in [-0.05, 0) is 0 Å². The highest BCUT2D eigenvalue weighted by Crippen LogP contribution is 2.13. The van der Waals surface area contributed by atoms with Gasteiger partial charge in [-0.3, -0.25) is 4.79 Å². The molecule has 0 aliphatic carbocycles. The van der Waals surface area contributed by atoms with Crippen molar-refractivity contribution in [2.45, 2.75) is 11.3 Å². The Bertz CT molecular complexity index is 527. The van der Waals surface area contributed by atoms with Gasteiger partial charge >= 0.3 is 0 Å². The first-order valence-corrected chi connectivity index (χ1v) is 6.47. The Morgan fingerprint density at radius 3 is 2.57 bits per heavy atom. The molecule has 0 aliphatic heterocycles. The van der Waals surface area contributed by atoms with Gasteiger partial charge in [0.1, 0.15) is 0 Å². The van der Waals surface area contributed by atoms with Crippen molar-refractivity contribution in [3.05, 3.63) is 4.80 Å². The van der Waals surface area contributed by atoms with Crippen molar-refractivity contribution in [2.24, 2.45) is 12.0 Å². The van der Waals surface area contributed by atoms with Crippen LogP contribution in [0.5, 0.6) is 0 Å². The predicted molar refractivity (Wildman–Crippen MR) is 50.4 cm³/mol. The summed E-state index contributed by atoms with van der Waals surface area (Å²) in [6, 6.07) is 0. The van der Waals surface area contributed by atoms with Crippen LogP contribution in [0.15, 0.2) is 9.33 Å². The number of rotatable bonds is 1. The molecule has 1 amide bonds. The molecule has 78 valence electrons. The lowest BCUT2D eigenvalue weighted by atomic mass is 10.8. The van der Waals surface area contributed by atoms with Gasteiger partial charge in [-0.25, -0.2) is 13.1 Å². The van der Waals surface area contributed by atoms with Crippen LogP contribution in [-0.2, 0) is 20.9 Å². The van der Waals surface area contributed by atoms with Crippen LogP contribution in [-0.4, -0.2) is 24.1 Å². The molecule has 0 atom stereocenters. The zero-order valence-electron chi connectivity index (χ0n) is 7.26. The van der Waals surface area contributed by atoms with Gasteiger partial charge in [0.25, 0.3) is 9.05 Å². The Morgan fingerprint density at radius 2 is 2.21 bits per heavy atom. The lowest BCUT2D eigenvalue weighted by Gasteiger charge is -1.84. The standard InChI is InChI=1S/C5H6ClN3O3S2/c1-3(10)7-4-9(2)8-5(13-4)14(6,11)12/h1-2H3. The number of aromatic nitrogens is 2. The molecule has 0 bridgehead atoms. The molecule has 0 N–H and O–H groups in total. The van der Waals surface area contributed by atoms with Crippen molar-refractivity contribution >= 4 is 37.0 Å². The maximum absolute atomic E-state index is 10.9. The van der Waals surface area contributed by atoms with Crippen LogP contribution in [0.1, 0.15) is 6.92 Å². The van der Waals surface area contributed by atoms with Gasteiger partial charge in [0, 0.05) is 24.7 Å². The molecule has 0 aliphatic rings. The van der Waals surface area contributed by atoms with Crippen LogP contribution in [0, 0.1) is 0 Å². The molecule has 1 aromatic rings. The number of hydrogen-bond acceptors (Lipinski definition) is 5. The number of halogens is 1. The Morgan fingerprint density at radius 1 is 1.64 bits per heavy atom. The summed E-state index contributed by atoms with van der Waals surface area (Å²) in [5.74, 6) is -0.428. The molecule has 0 radical (unpaired) electrons. The van der Waals surface area contributed by atoms with E-state index in [0.29, 0.717) is 0 Å². The van der Waals surface area contributed by atoms with Crippen molar-refractivity contribution in [1.29, 1.82) is 0 Å². The van der Waals surface area contributed by atoms with E-state index in [0.717, 1.165) is 11.3 Å². The van der Waals surface area contributed by atoms with E-state index in [4.69, 9.17) is 10.7 Å². The Kier molecular flexibility index (Phi) is 3.07. The van der Waals surface area contributed by atoms with E-state index in [1.165, 1.54) is 18.7 Å². The molecule has 1 heterocycles. The molecular weight excluding hydrogens is 250 g/mol. The van der Waals surface area contributed by atoms with Crippen LogP contribution in [0.4, 0.5) is 0 Å². The Hall–Kier alpha value is -0.730. The smallest absolute Gasteiger partial charge is 0.273 e. The zero-order chi connectivity index (χ0) is 10.9. The van der Waals surface area contributed by atoms with Crippen molar-refractivity contribution in [3.8, 4) is 0 Å². The van der Waals surface area contributed by atoms with Crippen LogP contribution in [0.3, 0.4) is 0 Å². The topological polar surface area (TPSA) is 81.4 Å². The van der Waals surface area contributed by atoms with Gasteiger partial charge in [-0.2, -0.15) is 4.99 Å². The third-order valence-corrected chi connectivity index (χ3v) is 4.06. The van der Waals surface area contributed by atoms with Crippen molar-refractivity contribution < 1.29 is 13.2 Å². The van der Waals surface area contributed by atoms with E-state index in [1.807, 2.05) is 0 Å². The Balaban J connectivity index is 3.40. The second-order valence-electron chi connectivity index (χ2n) is 2.34. The van der Waals surface area contributed by atoms with Crippen LogP contribution in [0.2, 0.25) is 0 Å². The summed E-state index contributed by atoms with van der Waals surface area (Å²) in [4.78, 5) is 14.4. The van der Waals surface area contributed by atoms with E-state index in [9.17, 15) is 13.2 Å². The highest BCUT2D eigenvalue weighted by molar-refractivity contribution is 8.14. The molecule has 0 spiro atoms. The summed E-state index contributed by atoms with van der Waals surface area (Å²) in [7, 11) is 2.68. The highest BCUT2D eigenvalue weighted by Gasteiger charge is 2.16. The molecule has 1 aromatic heterocycles. The molecule has 9 heteroatoms. The quantitative estimate of drug-likeness (QED) is 0.654. The summed E-state index contributed by atoms with van der Waals surface area (Å²) in [5, 5.41) is 3.60. The number of nitrogens with zero attached hydrogens (tertiary/aromatic N) is 3. The minimum atomic E-state index is -3.85. The summed E-state index contributed by atoms with van der Waals surface area (Å²) in [5.41, 5.74) is 0. The fourth-order valence-corrected chi connectivity index (χ4v) is 2.54. The molecule has 0 unspecified atom stereocenters. The van der Waals surface area contributed by atoms with E-state index >= 15 is 0 Å². The van der Waals surface area contributed by atoms with Crippen molar-refractivity contribution in [1.82, 2.24) is 9.78 Å². The first-order valence-electron chi connectivity index (χ1n) is 3.35. The van der Waals surface area contributed by atoms with Gasteiger partial charge < -0.3 is 0 Å². The SMILES string of the molecule is CC(=O)N=c1sc(S(=O)(=O)Cl)nn1C. The summed E-state index contributed by atoms with van der Waals surface area (Å²) < 4.78 is 22.6. The lowest BCUT2D eigenvalue weighted by Crippen LogP contribution is -2.13. The van der Waals surface area contributed by atoms with Gasteiger partial charge in [-0.1, -0.05) is 11.3 Å². The Labute approximate surface area is 88.3 Å². The first kappa shape index (κ1) is 11.3. The molecule has 0 saturated carbocycles. The predicted octanol–water partition coefficient (Wildman–Crippen LogP) is -0.144. The molecule has 0 aromatic carbocycles. The highest BCUT2D eigenvalue weighted by atomic mass is 35.7. The van der Waals surface area contributed by atoms with E-state index in [-0.39, 0.29) is 9.14 Å². The maximum Gasteiger partial charge on any atom is 0.290 e. The molecular formula is C5H6ClN3O3S2. The minimum absolute atomic E-state index is 0.191. The number of hydrogen-bond donors (Lipinski definition) is 0. The lowest BCUT2D eigenvalue weighted by molar-refractivity contribution is -0.116. The first-order chi connectivity index (χ1) is 6.30. The van der Waals surface area contributed by atoms with Crippen LogP contribution < -0.4 is 4.80 Å². The fraction of sp³-hybridized carbons (Fsp3) is 0.400. The van der Waals surface area contributed by atoms with E-state index in [1.54, 1.807) is 0 Å². The van der Waals surface area contributed by atoms with E-state index in [2.05, 4.69) is 10.1 Å². The summed E-state index contributed by atoms with van der Waals surface area (Å²) in [6.45, 7) is 1.26. The fourth-order valence-electron chi connectivity index (χ4n) is 0.658. The van der Waals surface area contributed by atoms with Gasteiger partial charge in [0.05, 0.1) is 0 Å². The second-order valence-corrected chi connectivity index (χ2v) is 6.04.